The zero-order chi connectivity index (χ0) is 19.1. The molecule has 3 aliphatic rings. The summed E-state index contributed by atoms with van der Waals surface area (Å²) in [5, 5.41) is 6.68. The van der Waals surface area contributed by atoms with E-state index >= 15 is 0 Å². The minimum Gasteiger partial charge on any atom is -0.342 e. The van der Waals surface area contributed by atoms with Crippen LogP contribution in [0.1, 0.15) is 42.5 Å². The molecule has 2 aliphatic heterocycles. The van der Waals surface area contributed by atoms with Gasteiger partial charge in [0.1, 0.15) is 6.33 Å². The summed E-state index contributed by atoms with van der Waals surface area (Å²) in [4.78, 5) is 34.2. The van der Waals surface area contributed by atoms with Crippen LogP contribution in [0.4, 0.5) is 0 Å². The Balaban J connectivity index is 1.28. The number of rotatable bonds is 4. The lowest BCUT2D eigenvalue weighted by Crippen LogP contribution is -2.50. The number of nitrogens with one attached hydrogen (secondary N) is 1. The number of piperidine rings is 1. The van der Waals surface area contributed by atoms with Crippen molar-refractivity contribution in [3.05, 3.63) is 36.2 Å². The SMILES string of the molecule is O=C(c1ccc(-c2ncn[nH]2)cc1)N1CCC2(CCCN(CC3CC3)C2=O)C1. The molecule has 28 heavy (non-hydrogen) atoms. The summed E-state index contributed by atoms with van der Waals surface area (Å²) in [5.41, 5.74) is 1.19. The highest BCUT2D eigenvalue weighted by Gasteiger charge is 2.49. The summed E-state index contributed by atoms with van der Waals surface area (Å²) in [6, 6.07) is 7.41. The molecule has 1 N–H and O–H groups in total. The molecule has 7 nitrogen and oxygen atoms in total. The molecule has 1 spiro atoms. The van der Waals surface area contributed by atoms with E-state index in [1.165, 1.54) is 19.2 Å². The highest BCUT2D eigenvalue weighted by atomic mass is 16.2. The lowest BCUT2D eigenvalue weighted by atomic mass is 9.78. The molecule has 1 aromatic heterocycles. The molecule has 3 heterocycles. The van der Waals surface area contributed by atoms with E-state index in [-0.39, 0.29) is 17.2 Å². The number of hydrogen-bond acceptors (Lipinski definition) is 4. The van der Waals surface area contributed by atoms with E-state index in [0.29, 0.717) is 30.4 Å². The topological polar surface area (TPSA) is 82.2 Å². The molecule has 2 aromatic rings. The smallest absolute Gasteiger partial charge is 0.253 e. The Bertz CT molecular complexity index is 875. The predicted octanol–water partition coefficient (Wildman–Crippen LogP) is 2.34. The molecule has 1 saturated carbocycles. The maximum atomic E-state index is 13.2. The van der Waals surface area contributed by atoms with Crippen LogP contribution in [-0.2, 0) is 4.79 Å². The fraction of sp³-hybridized carbons (Fsp3) is 0.524. The van der Waals surface area contributed by atoms with Crippen molar-refractivity contribution in [1.29, 1.82) is 0 Å². The van der Waals surface area contributed by atoms with Crippen molar-refractivity contribution in [3.8, 4) is 11.4 Å². The van der Waals surface area contributed by atoms with Crippen LogP contribution in [0.2, 0.25) is 0 Å². The Morgan fingerprint density at radius 1 is 1.18 bits per heavy atom. The van der Waals surface area contributed by atoms with Crippen LogP contribution in [0.15, 0.2) is 30.6 Å². The summed E-state index contributed by atoms with van der Waals surface area (Å²) in [6.45, 7) is 3.01. The number of carbonyl (C=O) groups excluding carboxylic acids is 2. The van der Waals surface area contributed by atoms with Crippen molar-refractivity contribution < 1.29 is 9.59 Å². The van der Waals surface area contributed by atoms with Gasteiger partial charge in [0.05, 0.1) is 5.41 Å². The van der Waals surface area contributed by atoms with Gasteiger partial charge < -0.3 is 9.80 Å². The average Bonchev–Trinajstić information content (AvgIpc) is 3.20. The number of aromatic amines is 1. The van der Waals surface area contributed by atoms with Crippen molar-refractivity contribution in [2.45, 2.75) is 32.1 Å². The minimum absolute atomic E-state index is 0.00751. The van der Waals surface area contributed by atoms with Crippen LogP contribution in [-0.4, -0.2) is 63.0 Å². The van der Waals surface area contributed by atoms with Gasteiger partial charge in [-0.25, -0.2) is 4.98 Å². The van der Waals surface area contributed by atoms with Gasteiger partial charge >= 0.3 is 0 Å². The first-order chi connectivity index (χ1) is 13.6. The first kappa shape index (κ1) is 17.4. The number of benzene rings is 1. The number of carbonyl (C=O) groups is 2. The first-order valence-electron chi connectivity index (χ1n) is 10.2. The van der Waals surface area contributed by atoms with Crippen molar-refractivity contribution in [1.82, 2.24) is 25.0 Å². The van der Waals surface area contributed by atoms with E-state index in [9.17, 15) is 9.59 Å². The second-order valence-electron chi connectivity index (χ2n) is 8.47. The third-order valence-electron chi connectivity index (χ3n) is 6.46. The number of nitrogens with zero attached hydrogens (tertiary/aromatic N) is 4. The summed E-state index contributed by atoms with van der Waals surface area (Å²) >= 11 is 0. The normalized spacial score (nSPS) is 24.9. The first-order valence-corrected chi connectivity index (χ1v) is 10.2. The second kappa shape index (κ2) is 6.72. The molecule has 1 unspecified atom stereocenters. The third-order valence-corrected chi connectivity index (χ3v) is 6.46. The van der Waals surface area contributed by atoms with Crippen LogP contribution in [0.5, 0.6) is 0 Å². The van der Waals surface area contributed by atoms with Crippen molar-refractivity contribution in [3.63, 3.8) is 0 Å². The molecule has 7 heteroatoms. The molecule has 2 saturated heterocycles. The molecule has 0 bridgehead atoms. The molecule has 3 fully saturated rings. The third kappa shape index (κ3) is 3.08. The van der Waals surface area contributed by atoms with Crippen LogP contribution < -0.4 is 0 Å². The predicted molar refractivity (Wildman–Crippen MR) is 103 cm³/mol. The largest absolute Gasteiger partial charge is 0.342 e. The van der Waals surface area contributed by atoms with Crippen LogP contribution in [0, 0.1) is 11.3 Å². The lowest BCUT2D eigenvalue weighted by molar-refractivity contribution is -0.145. The van der Waals surface area contributed by atoms with Gasteiger partial charge in [0, 0.05) is 37.3 Å². The van der Waals surface area contributed by atoms with Gasteiger partial charge in [-0.3, -0.25) is 14.7 Å². The van der Waals surface area contributed by atoms with Crippen LogP contribution in [0.3, 0.4) is 0 Å². The number of aromatic nitrogens is 3. The van der Waals surface area contributed by atoms with Crippen LogP contribution >= 0.6 is 0 Å². The molecule has 5 rings (SSSR count). The fourth-order valence-electron chi connectivity index (χ4n) is 4.66. The number of likely N-dealkylation sites (tertiary alicyclic amines) is 2. The Hall–Kier alpha value is -2.70. The second-order valence-corrected chi connectivity index (χ2v) is 8.47. The fourth-order valence-corrected chi connectivity index (χ4v) is 4.66. The highest BCUT2D eigenvalue weighted by Crippen LogP contribution is 2.42. The Morgan fingerprint density at radius 2 is 2.00 bits per heavy atom. The molecule has 1 aliphatic carbocycles. The summed E-state index contributed by atoms with van der Waals surface area (Å²) in [6.07, 6.45) is 6.71. The van der Waals surface area contributed by atoms with Crippen molar-refractivity contribution in [2.75, 3.05) is 26.2 Å². The van der Waals surface area contributed by atoms with E-state index in [2.05, 4.69) is 20.1 Å². The van der Waals surface area contributed by atoms with Crippen molar-refractivity contribution in [2.24, 2.45) is 11.3 Å². The van der Waals surface area contributed by atoms with Crippen molar-refractivity contribution >= 4 is 11.8 Å². The standard InChI is InChI=1S/C21H25N5O2/c27-19(17-6-4-16(5-7-17)18-22-14-23-24-18)26-11-9-21(13-26)8-1-10-25(20(21)28)12-15-2-3-15/h4-7,14-15H,1-3,8-13H2,(H,22,23,24). The molecular formula is C21H25N5O2. The zero-order valence-corrected chi connectivity index (χ0v) is 15.9. The zero-order valence-electron chi connectivity index (χ0n) is 15.9. The molecule has 1 atom stereocenters. The Morgan fingerprint density at radius 3 is 2.71 bits per heavy atom. The van der Waals surface area contributed by atoms with Gasteiger partial charge in [0.25, 0.3) is 5.91 Å². The van der Waals surface area contributed by atoms with Gasteiger partial charge in [-0.05, 0) is 50.2 Å². The summed E-state index contributed by atoms with van der Waals surface area (Å²) in [5.74, 6) is 1.68. The molecule has 0 radical (unpaired) electrons. The Kier molecular flexibility index (Phi) is 4.18. The number of hydrogen-bond donors (Lipinski definition) is 1. The minimum atomic E-state index is -0.359. The maximum absolute atomic E-state index is 13.2. The number of amides is 2. The molecule has 2 amide bonds. The Labute approximate surface area is 164 Å². The van der Waals surface area contributed by atoms with E-state index in [0.717, 1.165) is 37.9 Å². The maximum Gasteiger partial charge on any atom is 0.253 e. The van der Waals surface area contributed by atoms with Gasteiger partial charge in [-0.2, -0.15) is 5.10 Å². The highest BCUT2D eigenvalue weighted by molar-refractivity contribution is 5.96. The van der Waals surface area contributed by atoms with E-state index in [4.69, 9.17) is 0 Å². The quantitative estimate of drug-likeness (QED) is 0.884. The van der Waals surface area contributed by atoms with Gasteiger partial charge in [-0.15, -0.1) is 0 Å². The van der Waals surface area contributed by atoms with Gasteiger partial charge in [-0.1, -0.05) is 12.1 Å². The van der Waals surface area contributed by atoms with E-state index in [1.807, 2.05) is 29.2 Å². The lowest BCUT2D eigenvalue weighted by Gasteiger charge is -2.39. The molecule has 1 aromatic carbocycles. The van der Waals surface area contributed by atoms with E-state index < -0.39 is 0 Å². The molecule has 146 valence electrons. The van der Waals surface area contributed by atoms with Crippen LogP contribution in [0.25, 0.3) is 11.4 Å². The van der Waals surface area contributed by atoms with Gasteiger partial charge in [0.2, 0.25) is 5.91 Å². The van der Waals surface area contributed by atoms with Gasteiger partial charge in [0.15, 0.2) is 5.82 Å². The van der Waals surface area contributed by atoms with E-state index in [1.54, 1.807) is 0 Å². The summed E-state index contributed by atoms with van der Waals surface area (Å²) in [7, 11) is 0. The monoisotopic (exact) mass is 379 g/mol. The number of H-pyrrole nitrogens is 1. The summed E-state index contributed by atoms with van der Waals surface area (Å²) < 4.78 is 0. The molecular weight excluding hydrogens is 354 g/mol. The average molecular weight is 379 g/mol.